The average molecular weight is 453 g/mol. The zero-order chi connectivity index (χ0) is 23.2. The highest BCUT2D eigenvalue weighted by molar-refractivity contribution is 7.18. The molecule has 1 aromatic carbocycles. The van der Waals surface area contributed by atoms with Crippen molar-refractivity contribution in [2.75, 3.05) is 5.32 Å². The van der Waals surface area contributed by atoms with Crippen LogP contribution in [0, 0.1) is 11.3 Å². The van der Waals surface area contributed by atoms with Crippen LogP contribution >= 0.6 is 11.3 Å². The van der Waals surface area contributed by atoms with Gasteiger partial charge in [0.2, 0.25) is 5.91 Å². The summed E-state index contributed by atoms with van der Waals surface area (Å²) in [4.78, 5) is 39.6. The SMILES string of the molecule is CC(=O)c1cccc(NC(=O)C(C)n2nnc3sc4c(c3c2=O)CCC(C(C)(C)C)C4)c1. The largest absolute Gasteiger partial charge is 0.324 e. The molecule has 2 unspecified atom stereocenters. The molecule has 2 aromatic heterocycles. The first-order valence-corrected chi connectivity index (χ1v) is 11.7. The zero-order valence-corrected chi connectivity index (χ0v) is 19.9. The van der Waals surface area contributed by atoms with Gasteiger partial charge in [-0.1, -0.05) is 38.1 Å². The molecule has 8 heteroatoms. The number of carbonyl (C=O) groups is 2. The minimum atomic E-state index is -0.846. The number of fused-ring (bicyclic) bond motifs is 3. The van der Waals surface area contributed by atoms with Gasteiger partial charge in [-0.05, 0) is 62.1 Å². The first-order chi connectivity index (χ1) is 15.1. The smallest absolute Gasteiger partial charge is 0.279 e. The molecule has 0 radical (unpaired) electrons. The van der Waals surface area contributed by atoms with E-state index < -0.39 is 11.9 Å². The number of hydrogen-bond acceptors (Lipinski definition) is 6. The van der Waals surface area contributed by atoms with Crippen molar-refractivity contribution in [1.82, 2.24) is 15.0 Å². The number of aromatic nitrogens is 3. The van der Waals surface area contributed by atoms with Crippen molar-refractivity contribution in [3.63, 3.8) is 0 Å². The van der Waals surface area contributed by atoms with E-state index in [0.717, 1.165) is 29.5 Å². The number of aryl methyl sites for hydroxylation is 1. The Kier molecular flexibility index (Phi) is 5.75. The molecular weight excluding hydrogens is 424 g/mol. The Hall–Kier alpha value is -2.87. The van der Waals surface area contributed by atoms with E-state index in [1.165, 1.54) is 11.8 Å². The summed E-state index contributed by atoms with van der Waals surface area (Å²) >= 11 is 1.55. The second kappa shape index (κ2) is 8.24. The molecule has 2 atom stereocenters. The predicted molar refractivity (Wildman–Crippen MR) is 126 cm³/mol. The molecular formula is C24H28N4O3S. The average Bonchev–Trinajstić information content (AvgIpc) is 3.11. The third kappa shape index (κ3) is 4.11. The Balaban J connectivity index is 1.63. The van der Waals surface area contributed by atoms with E-state index in [1.807, 2.05) is 0 Å². The van der Waals surface area contributed by atoms with Gasteiger partial charge >= 0.3 is 0 Å². The molecule has 0 saturated heterocycles. The maximum absolute atomic E-state index is 13.3. The molecule has 0 bridgehead atoms. The van der Waals surface area contributed by atoms with Crippen LogP contribution in [0.4, 0.5) is 5.69 Å². The number of anilines is 1. The second-order valence-electron chi connectivity index (χ2n) is 9.63. The summed E-state index contributed by atoms with van der Waals surface area (Å²) in [5.41, 5.74) is 2.01. The van der Waals surface area contributed by atoms with Gasteiger partial charge in [0.05, 0.1) is 5.39 Å². The van der Waals surface area contributed by atoms with Crippen molar-refractivity contribution >= 4 is 38.9 Å². The highest BCUT2D eigenvalue weighted by Gasteiger charge is 2.32. The highest BCUT2D eigenvalue weighted by atomic mass is 32.1. The van der Waals surface area contributed by atoms with Crippen LogP contribution in [0.15, 0.2) is 29.1 Å². The van der Waals surface area contributed by atoms with Gasteiger partial charge < -0.3 is 5.32 Å². The number of carbonyl (C=O) groups excluding carboxylic acids is 2. The number of ketones is 1. The Morgan fingerprint density at radius 2 is 2.03 bits per heavy atom. The topological polar surface area (TPSA) is 93.9 Å². The van der Waals surface area contributed by atoms with E-state index >= 15 is 0 Å². The Labute approximate surface area is 190 Å². The summed E-state index contributed by atoms with van der Waals surface area (Å²) in [5, 5.41) is 11.7. The van der Waals surface area contributed by atoms with E-state index in [0.29, 0.717) is 27.4 Å². The van der Waals surface area contributed by atoms with Crippen LogP contribution in [0.2, 0.25) is 0 Å². The monoisotopic (exact) mass is 452 g/mol. The van der Waals surface area contributed by atoms with Crippen LogP contribution in [-0.4, -0.2) is 26.7 Å². The van der Waals surface area contributed by atoms with Gasteiger partial charge in [0.1, 0.15) is 6.04 Å². The number of nitrogens with zero attached hydrogens (tertiary/aromatic N) is 3. The van der Waals surface area contributed by atoms with Crippen LogP contribution in [-0.2, 0) is 17.6 Å². The third-order valence-corrected chi connectivity index (χ3v) is 7.55. The quantitative estimate of drug-likeness (QED) is 0.592. The molecule has 32 heavy (non-hydrogen) atoms. The summed E-state index contributed by atoms with van der Waals surface area (Å²) < 4.78 is 1.16. The molecule has 1 aliphatic rings. The van der Waals surface area contributed by atoms with Crippen LogP contribution in [0.3, 0.4) is 0 Å². The number of amides is 1. The molecule has 1 N–H and O–H groups in total. The van der Waals surface area contributed by atoms with Gasteiger partial charge in [0, 0.05) is 16.1 Å². The molecule has 168 valence electrons. The number of thiophene rings is 1. The Morgan fingerprint density at radius 3 is 2.72 bits per heavy atom. The fourth-order valence-corrected chi connectivity index (χ4v) is 5.51. The number of hydrogen-bond donors (Lipinski definition) is 1. The summed E-state index contributed by atoms with van der Waals surface area (Å²) in [6, 6.07) is 5.87. The third-order valence-electron chi connectivity index (χ3n) is 6.41. The first kappa shape index (κ1) is 22.3. The van der Waals surface area contributed by atoms with Crippen molar-refractivity contribution in [3.05, 3.63) is 50.6 Å². The van der Waals surface area contributed by atoms with Gasteiger partial charge in [-0.3, -0.25) is 14.4 Å². The predicted octanol–water partition coefficient (Wildman–Crippen LogP) is 4.41. The first-order valence-electron chi connectivity index (χ1n) is 10.9. The zero-order valence-electron chi connectivity index (χ0n) is 19.1. The fraction of sp³-hybridized carbons (Fsp3) is 0.458. The van der Waals surface area contributed by atoms with Crippen LogP contribution in [0.25, 0.3) is 10.2 Å². The van der Waals surface area contributed by atoms with Gasteiger partial charge in [-0.25, -0.2) is 0 Å². The van der Waals surface area contributed by atoms with E-state index in [1.54, 1.807) is 42.5 Å². The lowest BCUT2D eigenvalue weighted by molar-refractivity contribution is -0.119. The lowest BCUT2D eigenvalue weighted by Crippen LogP contribution is -2.34. The van der Waals surface area contributed by atoms with E-state index in [2.05, 4.69) is 36.4 Å². The number of benzene rings is 1. The number of Topliss-reactive ketones (excluding diaryl/α,β-unsaturated/α-hetero) is 1. The van der Waals surface area contributed by atoms with Gasteiger partial charge in [-0.2, -0.15) is 4.68 Å². The molecule has 0 saturated carbocycles. The molecule has 3 aromatic rings. The highest BCUT2D eigenvalue weighted by Crippen LogP contribution is 2.41. The molecule has 4 rings (SSSR count). The van der Waals surface area contributed by atoms with Crippen molar-refractivity contribution in [3.8, 4) is 0 Å². The van der Waals surface area contributed by atoms with E-state index in [4.69, 9.17) is 0 Å². The van der Waals surface area contributed by atoms with Gasteiger partial charge in [-0.15, -0.1) is 16.4 Å². The minimum Gasteiger partial charge on any atom is -0.324 e. The van der Waals surface area contributed by atoms with Crippen LogP contribution < -0.4 is 10.9 Å². The van der Waals surface area contributed by atoms with Crippen molar-refractivity contribution < 1.29 is 9.59 Å². The summed E-state index contributed by atoms with van der Waals surface area (Å²) in [5.74, 6) is 0.0877. The maximum Gasteiger partial charge on any atom is 0.279 e. The standard InChI is InChI=1S/C24H28N4O3S/c1-13(21(30)25-17-8-6-7-15(11-17)14(2)29)28-23(31)20-18-10-9-16(24(3,4)5)12-19(18)32-22(20)26-27-28/h6-8,11,13,16H,9-10,12H2,1-5H3,(H,25,30). The number of nitrogens with one attached hydrogen (secondary N) is 1. The summed E-state index contributed by atoms with van der Waals surface area (Å²) in [6.07, 6.45) is 2.82. The van der Waals surface area contributed by atoms with E-state index in [9.17, 15) is 14.4 Å². The second-order valence-corrected chi connectivity index (χ2v) is 10.7. The van der Waals surface area contributed by atoms with Crippen molar-refractivity contribution in [2.24, 2.45) is 11.3 Å². The normalized spacial score (nSPS) is 17.1. The lowest BCUT2D eigenvalue weighted by Gasteiger charge is -2.33. The number of rotatable bonds is 4. The fourth-order valence-electron chi connectivity index (χ4n) is 4.27. The molecule has 0 aliphatic heterocycles. The molecule has 1 amide bonds. The Bertz CT molecular complexity index is 1270. The van der Waals surface area contributed by atoms with Gasteiger partial charge in [0.25, 0.3) is 5.56 Å². The molecule has 7 nitrogen and oxygen atoms in total. The molecule has 0 spiro atoms. The van der Waals surface area contributed by atoms with Crippen LogP contribution in [0.1, 0.15) is 67.9 Å². The molecule has 0 fully saturated rings. The Morgan fingerprint density at radius 1 is 1.28 bits per heavy atom. The van der Waals surface area contributed by atoms with Crippen molar-refractivity contribution in [2.45, 2.75) is 59.9 Å². The maximum atomic E-state index is 13.3. The summed E-state index contributed by atoms with van der Waals surface area (Å²) in [6.45, 7) is 9.87. The van der Waals surface area contributed by atoms with Crippen LogP contribution in [0.5, 0.6) is 0 Å². The minimum absolute atomic E-state index is 0.0855. The summed E-state index contributed by atoms with van der Waals surface area (Å²) in [7, 11) is 0. The molecule has 1 aliphatic carbocycles. The molecule has 2 heterocycles. The van der Waals surface area contributed by atoms with E-state index in [-0.39, 0.29) is 16.8 Å². The van der Waals surface area contributed by atoms with Gasteiger partial charge in [0.15, 0.2) is 10.6 Å². The lowest BCUT2D eigenvalue weighted by atomic mass is 9.72. The van der Waals surface area contributed by atoms with Crippen molar-refractivity contribution in [1.29, 1.82) is 0 Å².